The van der Waals surface area contributed by atoms with Gasteiger partial charge >= 0.3 is 0 Å². The highest BCUT2D eigenvalue weighted by Crippen LogP contribution is 2.32. The number of pyridine rings is 1. The molecule has 31 heavy (non-hydrogen) atoms. The van der Waals surface area contributed by atoms with E-state index in [4.69, 9.17) is 9.82 Å². The number of nitrogens with zero attached hydrogens (tertiary/aromatic N) is 3. The molecule has 1 fully saturated rings. The molecule has 2 aromatic rings. The number of nitrogens with one attached hydrogen (secondary N) is 1. The van der Waals surface area contributed by atoms with Gasteiger partial charge in [-0.25, -0.2) is 4.98 Å². The second-order valence-electron chi connectivity index (χ2n) is 8.86. The number of carbonyl (C=O) groups is 1. The number of hydrogen-bond acceptors (Lipinski definition) is 6. The molecule has 0 amide bonds. The lowest BCUT2D eigenvalue weighted by molar-refractivity contribution is -0.128. The van der Waals surface area contributed by atoms with Crippen molar-refractivity contribution in [3.05, 3.63) is 65.4 Å². The number of carbonyl (C=O) groups excluding carboxylic acids is 1. The Bertz CT molecular complexity index is 1030. The molecule has 0 saturated carbocycles. The van der Waals surface area contributed by atoms with E-state index < -0.39 is 5.60 Å². The molecule has 1 unspecified atom stereocenters. The monoisotopic (exact) mass is 418 g/mol. The quantitative estimate of drug-likeness (QED) is 0.795. The van der Waals surface area contributed by atoms with Crippen LogP contribution in [0.25, 0.3) is 5.70 Å². The van der Waals surface area contributed by atoms with Crippen molar-refractivity contribution in [1.29, 1.82) is 0 Å². The molecule has 0 spiro atoms. The van der Waals surface area contributed by atoms with Crippen molar-refractivity contribution in [3.63, 3.8) is 0 Å². The van der Waals surface area contributed by atoms with E-state index in [1.807, 2.05) is 37.3 Å². The van der Waals surface area contributed by atoms with E-state index in [2.05, 4.69) is 34.9 Å². The van der Waals surface area contributed by atoms with Crippen molar-refractivity contribution >= 4 is 23.0 Å². The Labute approximate surface area is 184 Å². The molecular weight excluding hydrogens is 388 g/mol. The molecule has 0 radical (unpaired) electrons. The fourth-order valence-corrected chi connectivity index (χ4v) is 4.10. The molecule has 1 saturated heterocycles. The Morgan fingerprint density at radius 3 is 2.55 bits per heavy atom. The minimum Gasteiger partial charge on any atom is -0.381 e. The number of rotatable bonds is 5. The maximum Gasteiger partial charge on any atom is 0.230 e. The fourth-order valence-electron chi connectivity index (χ4n) is 4.10. The lowest BCUT2D eigenvalue weighted by atomic mass is 9.95. The highest BCUT2D eigenvalue weighted by molar-refractivity contribution is 6.49. The molecule has 0 bridgehead atoms. The number of Topliss-reactive ketones (excluding diaryl/α,β-unsaturated/α-hetero) is 1. The number of anilines is 1. The van der Waals surface area contributed by atoms with Gasteiger partial charge < -0.3 is 15.1 Å². The van der Waals surface area contributed by atoms with Crippen molar-refractivity contribution in [2.24, 2.45) is 5.16 Å². The van der Waals surface area contributed by atoms with Crippen LogP contribution in [0.1, 0.15) is 49.1 Å². The molecule has 4 rings (SSSR count). The zero-order chi connectivity index (χ0) is 22.2. The van der Waals surface area contributed by atoms with Gasteiger partial charge in [-0.3, -0.25) is 4.79 Å². The second kappa shape index (κ2) is 8.27. The first-order valence-corrected chi connectivity index (χ1v) is 10.8. The van der Waals surface area contributed by atoms with Crippen LogP contribution < -0.4 is 10.2 Å². The van der Waals surface area contributed by atoms with Crippen molar-refractivity contribution in [1.82, 2.24) is 10.3 Å². The largest absolute Gasteiger partial charge is 0.381 e. The van der Waals surface area contributed by atoms with E-state index in [1.54, 1.807) is 13.8 Å². The van der Waals surface area contributed by atoms with Crippen molar-refractivity contribution in [2.45, 2.75) is 52.2 Å². The number of piperidine rings is 1. The summed E-state index contributed by atoms with van der Waals surface area (Å²) in [5, 5.41) is 7.51. The first-order chi connectivity index (χ1) is 14.8. The van der Waals surface area contributed by atoms with Gasteiger partial charge in [0.25, 0.3) is 0 Å². The smallest absolute Gasteiger partial charge is 0.230 e. The maximum atomic E-state index is 12.5. The first-order valence-electron chi connectivity index (χ1n) is 10.8. The van der Waals surface area contributed by atoms with Crippen LogP contribution in [0.3, 0.4) is 0 Å². The Hall–Kier alpha value is -2.99. The van der Waals surface area contributed by atoms with Gasteiger partial charge in [0.2, 0.25) is 5.78 Å². The molecule has 2 aliphatic rings. The summed E-state index contributed by atoms with van der Waals surface area (Å²) >= 11 is 0. The van der Waals surface area contributed by atoms with Gasteiger partial charge in [0.05, 0.1) is 0 Å². The molecule has 6 nitrogen and oxygen atoms in total. The zero-order valence-electron chi connectivity index (χ0n) is 18.7. The average molecular weight is 419 g/mol. The molecule has 3 heterocycles. The average Bonchev–Trinajstić information content (AvgIpc) is 3.04. The Kier molecular flexibility index (Phi) is 5.67. The number of benzene rings is 1. The second-order valence-corrected chi connectivity index (χ2v) is 8.86. The van der Waals surface area contributed by atoms with E-state index in [9.17, 15) is 4.79 Å². The van der Waals surface area contributed by atoms with Gasteiger partial charge in [-0.1, -0.05) is 42.1 Å². The molecule has 1 N–H and O–H groups in total. The fraction of sp³-hybridized carbons (Fsp3) is 0.400. The summed E-state index contributed by atoms with van der Waals surface area (Å²) in [6.07, 6.45) is 2.20. The third kappa shape index (κ3) is 4.12. The van der Waals surface area contributed by atoms with Crippen LogP contribution in [-0.4, -0.2) is 41.2 Å². The molecule has 2 aliphatic heterocycles. The SMILES string of the molecule is C=C(c1ccc(C2=NOC(C)(C)C2=O)cc1)N(c1nc(C)ccc1C)C1CCCNC1. The molecule has 6 heteroatoms. The summed E-state index contributed by atoms with van der Waals surface area (Å²) < 4.78 is 0. The highest BCUT2D eigenvalue weighted by atomic mass is 16.7. The van der Waals surface area contributed by atoms with Crippen molar-refractivity contribution in [2.75, 3.05) is 18.0 Å². The lowest BCUT2D eigenvalue weighted by Gasteiger charge is -2.37. The van der Waals surface area contributed by atoms with Crippen LogP contribution in [0.5, 0.6) is 0 Å². The van der Waals surface area contributed by atoms with E-state index in [-0.39, 0.29) is 11.8 Å². The summed E-state index contributed by atoms with van der Waals surface area (Å²) in [6.45, 7) is 14.0. The van der Waals surface area contributed by atoms with Gasteiger partial charge in [0.1, 0.15) is 5.82 Å². The normalized spacial score (nSPS) is 20.2. The lowest BCUT2D eigenvalue weighted by Crippen LogP contribution is -2.45. The van der Waals surface area contributed by atoms with Crippen LogP contribution in [-0.2, 0) is 9.63 Å². The third-order valence-electron chi connectivity index (χ3n) is 5.98. The Morgan fingerprint density at radius 1 is 1.19 bits per heavy atom. The molecule has 1 atom stereocenters. The van der Waals surface area contributed by atoms with Gasteiger partial charge in [-0.15, -0.1) is 0 Å². The van der Waals surface area contributed by atoms with Gasteiger partial charge in [0, 0.05) is 29.5 Å². The Balaban J connectivity index is 1.66. The summed E-state index contributed by atoms with van der Waals surface area (Å²) in [4.78, 5) is 24.9. The van der Waals surface area contributed by atoms with Crippen LogP contribution in [0, 0.1) is 13.8 Å². The predicted octanol–water partition coefficient (Wildman–Crippen LogP) is 4.01. The molecule has 1 aromatic carbocycles. The van der Waals surface area contributed by atoms with Crippen LogP contribution in [0.4, 0.5) is 5.82 Å². The van der Waals surface area contributed by atoms with Crippen molar-refractivity contribution in [3.8, 4) is 0 Å². The van der Waals surface area contributed by atoms with E-state index in [0.29, 0.717) is 5.71 Å². The molecule has 162 valence electrons. The number of oxime groups is 1. The van der Waals surface area contributed by atoms with Crippen molar-refractivity contribution < 1.29 is 9.63 Å². The van der Waals surface area contributed by atoms with E-state index in [1.165, 1.54) is 0 Å². The number of hydrogen-bond donors (Lipinski definition) is 1. The maximum absolute atomic E-state index is 12.5. The van der Waals surface area contributed by atoms with Crippen LogP contribution >= 0.6 is 0 Å². The molecular formula is C25H30N4O2. The topological polar surface area (TPSA) is 66.8 Å². The molecule has 1 aromatic heterocycles. The summed E-state index contributed by atoms with van der Waals surface area (Å²) in [6, 6.07) is 12.2. The highest BCUT2D eigenvalue weighted by Gasteiger charge is 2.40. The third-order valence-corrected chi connectivity index (χ3v) is 5.98. The number of aromatic nitrogens is 1. The summed E-state index contributed by atoms with van der Waals surface area (Å²) in [5.41, 5.74) is 4.21. The van der Waals surface area contributed by atoms with Crippen LogP contribution in [0.15, 0.2) is 48.1 Å². The van der Waals surface area contributed by atoms with Gasteiger partial charge in [0.15, 0.2) is 11.3 Å². The number of aryl methyl sites for hydroxylation is 2. The standard InChI is InChI=1S/C25H30N4O2/c1-16-8-9-17(2)27-24(16)29(21-7-6-14-26-15-21)18(3)19-10-12-20(13-11-19)22-23(30)25(4,5)31-28-22/h8-13,21,26H,3,6-7,14-15H2,1-2,4-5H3. The zero-order valence-corrected chi connectivity index (χ0v) is 18.7. The predicted molar refractivity (Wildman–Crippen MR) is 124 cm³/mol. The first kappa shape index (κ1) is 21.2. The van der Waals surface area contributed by atoms with Gasteiger partial charge in [-0.05, 0) is 64.3 Å². The summed E-state index contributed by atoms with van der Waals surface area (Å²) in [5.74, 6) is 0.849. The van der Waals surface area contributed by atoms with Gasteiger partial charge in [-0.2, -0.15) is 0 Å². The number of ketones is 1. The minimum absolute atomic E-state index is 0.103. The van der Waals surface area contributed by atoms with E-state index in [0.717, 1.165) is 59.8 Å². The Morgan fingerprint density at radius 2 is 1.94 bits per heavy atom. The minimum atomic E-state index is -0.906. The molecule has 0 aliphatic carbocycles. The van der Waals surface area contributed by atoms with Crippen LogP contribution in [0.2, 0.25) is 0 Å². The van der Waals surface area contributed by atoms with E-state index >= 15 is 0 Å². The summed E-state index contributed by atoms with van der Waals surface area (Å²) in [7, 11) is 0.